The lowest BCUT2D eigenvalue weighted by molar-refractivity contribution is -0.153. The van der Waals surface area contributed by atoms with Gasteiger partial charge in [0.2, 0.25) is 5.91 Å². The van der Waals surface area contributed by atoms with Gasteiger partial charge in [-0.3, -0.25) is 9.59 Å². The third kappa shape index (κ3) is 6.73. The van der Waals surface area contributed by atoms with Crippen LogP contribution in [0.3, 0.4) is 0 Å². The summed E-state index contributed by atoms with van der Waals surface area (Å²) in [6, 6.07) is 11.9. The SMILES string of the molecule is CNC(=O)c1ccc(NC(=O)CNc2ccc(OCC(F)(F)F)c(C#N)c2)cc1. The molecule has 0 heterocycles. The second-order valence-electron chi connectivity index (χ2n) is 5.78. The summed E-state index contributed by atoms with van der Waals surface area (Å²) < 4.78 is 41.3. The van der Waals surface area contributed by atoms with Crippen LogP contribution in [0.15, 0.2) is 42.5 Å². The second-order valence-corrected chi connectivity index (χ2v) is 5.78. The first-order valence-corrected chi connectivity index (χ1v) is 8.31. The third-order valence-corrected chi connectivity index (χ3v) is 3.60. The zero-order valence-electron chi connectivity index (χ0n) is 15.3. The van der Waals surface area contributed by atoms with Crippen molar-refractivity contribution in [3.63, 3.8) is 0 Å². The Morgan fingerprint density at radius 3 is 2.34 bits per heavy atom. The summed E-state index contributed by atoms with van der Waals surface area (Å²) in [5, 5.41) is 17.0. The molecule has 3 N–H and O–H groups in total. The van der Waals surface area contributed by atoms with E-state index in [-0.39, 0.29) is 23.8 Å². The van der Waals surface area contributed by atoms with E-state index in [2.05, 4.69) is 20.7 Å². The number of nitrogens with zero attached hydrogens (tertiary/aromatic N) is 1. The molecule has 0 atom stereocenters. The van der Waals surface area contributed by atoms with Gasteiger partial charge in [0.15, 0.2) is 6.61 Å². The van der Waals surface area contributed by atoms with Gasteiger partial charge in [-0.25, -0.2) is 0 Å². The standard InChI is InChI=1S/C19H17F3N4O3/c1-24-18(28)12-2-4-14(5-3-12)26-17(27)10-25-15-6-7-16(13(8-15)9-23)29-11-19(20,21)22/h2-8,25H,10-11H2,1H3,(H,24,28)(H,26,27). The molecule has 2 aromatic rings. The van der Waals surface area contributed by atoms with Crippen LogP contribution in [0.1, 0.15) is 15.9 Å². The molecule has 0 saturated carbocycles. The van der Waals surface area contributed by atoms with E-state index in [1.54, 1.807) is 30.3 Å². The number of ether oxygens (including phenoxy) is 1. The first-order valence-electron chi connectivity index (χ1n) is 8.31. The van der Waals surface area contributed by atoms with E-state index in [0.717, 1.165) is 0 Å². The van der Waals surface area contributed by atoms with Crippen molar-refractivity contribution in [2.45, 2.75) is 6.18 Å². The third-order valence-electron chi connectivity index (χ3n) is 3.60. The smallest absolute Gasteiger partial charge is 0.422 e. The van der Waals surface area contributed by atoms with Gasteiger partial charge in [-0.15, -0.1) is 0 Å². The maximum atomic E-state index is 12.2. The van der Waals surface area contributed by atoms with Crippen LogP contribution in [0.4, 0.5) is 24.5 Å². The molecule has 2 aromatic carbocycles. The number of alkyl halides is 3. The molecule has 0 bridgehead atoms. The van der Waals surface area contributed by atoms with Crippen molar-refractivity contribution >= 4 is 23.2 Å². The first kappa shape index (κ1) is 21.6. The fourth-order valence-electron chi connectivity index (χ4n) is 2.25. The minimum Gasteiger partial charge on any atom is -0.483 e. The molecule has 0 radical (unpaired) electrons. The number of amides is 2. The summed E-state index contributed by atoms with van der Waals surface area (Å²) in [6.07, 6.45) is -4.51. The van der Waals surface area contributed by atoms with Crippen molar-refractivity contribution in [1.82, 2.24) is 5.32 Å². The van der Waals surface area contributed by atoms with Crippen LogP contribution in [-0.2, 0) is 4.79 Å². The van der Waals surface area contributed by atoms with E-state index in [1.165, 1.54) is 25.2 Å². The number of carbonyl (C=O) groups excluding carboxylic acids is 2. The van der Waals surface area contributed by atoms with Crippen molar-refractivity contribution in [1.29, 1.82) is 5.26 Å². The number of hydrogen-bond acceptors (Lipinski definition) is 5. The molecule has 0 fully saturated rings. The van der Waals surface area contributed by atoms with Crippen molar-refractivity contribution in [2.75, 3.05) is 30.8 Å². The Labute approximate surface area is 164 Å². The maximum Gasteiger partial charge on any atom is 0.422 e. The van der Waals surface area contributed by atoms with E-state index in [4.69, 9.17) is 5.26 Å². The van der Waals surface area contributed by atoms with Gasteiger partial charge in [-0.05, 0) is 42.5 Å². The van der Waals surface area contributed by atoms with Gasteiger partial charge in [-0.1, -0.05) is 0 Å². The van der Waals surface area contributed by atoms with Gasteiger partial charge in [0, 0.05) is 24.0 Å². The first-order chi connectivity index (χ1) is 13.7. The number of nitriles is 1. The van der Waals surface area contributed by atoms with Crippen LogP contribution in [0.5, 0.6) is 5.75 Å². The van der Waals surface area contributed by atoms with E-state index < -0.39 is 18.7 Å². The molecule has 10 heteroatoms. The monoisotopic (exact) mass is 406 g/mol. The molecule has 2 amide bonds. The number of nitrogens with one attached hydrogen (secondary N) is 3. The summed E-state index contributed by atoms with van der Waals surface area (Å²) in [7, 11) is 1.51. The van der Waals surface area contributed by atoms with E-state index in [0.29, 0.717) is 16.9 Å². The molecule has 152 valence electrons. The molecular formula is C19H17F3N4O3. The minimum absolute atomic E-state index is 0.0931. The molecule has 7 nitrogen and oxygen atoms in total. The lowest BCUT2D eigenvalue weighted by Gasteiger charge is -2.12. The zero-order valence-corrected chi connectivity index (χ0v) is 15.3. The Morgan fingerprint density at radius 2 is 1.76 bits per heavy atom. The quantitative estimate of drug-likeness (QED) is 0.656. The molecule has 0 aliphatic heterocycles. The molecule has 0 aliphatic rings. The highest BCUT2D eigenvalue weighted by atomic mass is 19.4. The van der Waals surface area contributed by atoms with Gasteiger partial charge in [0.1, 0.15) is 11.8 Å². The lowest BCUT2D eigenvalue weighted by atomic mass is 10.2. The number of halogens is 3. The second kappa shape index (κ2) is 9.45. The fourth-order valence-corrected chi connectivity index (χ4v) is 2.25. The highest BCUT2D eigenvalue weighted by molar-refractivity contribution is 5.96. The van der Waals surface area contributed by atoms with Crippen LogP contribution in [0.2, 0.25) is 0 Å². The number of rotatable bonds is 7. The van der Waals surface area contributed by atoms with E-state index in [9.17, 15) is 22.8 Å². The molecule has 0 unspecified atom stereocenters. The Bertz CT molecular complexity index is 922. The van der Waals surface area contributed by atoms with Gasteiger partial charge >= 0.3 is 6.18 Å². The summed E-state index contributed by atoms with van der Waals surface area (Å²) in [5.41, 5.74) is 1.20. The fraction of sp³-hybridized carbons (Fsp3) is 0.211. The number of anilines is 2. The normalized spacial score (nSPS) is 10.6. The molecule has 0 aromatic heterocycles. The van der Waals surface area contributed by atoms with Crippen molar-refractivity contribution in [3.05, 3.63) is 53.6 Å². The minimum atomic E-state index is -4.51. The molecule has 2 rings (SSSR count). The average molecular weight is 406 g/mol. The lowest BCUT2D eigenvalue weighted by Crippen LogP contribution is -2.22. The Hall–Kier alpha value is -3.74. The van der Waals surface area contributed by atoms with Crippen LogP contribution < -0.4 is 20.7 Å². The zero-order chi connectivity index (χ0) is 21.4. The van der Waals surface area contributed by atoms with Gasteiger partial charge in [0.25, 0.3) is 5.91 Å². The summed E-state index contributed by atoms with van der Waals surface area (Å²) in [4.78, 5) is 23.5. The molecule has 0 aliphatic carbocycles. The van der Waals surface area contributed by atoms with Crippen LogP contribution in [-0.4, -0.2) is 38.2 Å². The van der Waals surface area contributed by atoms with Crippen molar-refractivity contribution < 1.29 is 27.5 Å². The van der Waals surface area contributed by atoms with Crippen LogP contribution in [0.25, 0.3) is 0 Å². The molecular weight excluding hydrogens is 389 g/mol. The predicted octanol–water partition coefficient (Wildman–Crippen LogP) is 2.91. The number of hydrogen-bond donors (Lipinski definition) is 3. The van der Waals surface area contributed by atoms with Gasteiger partial charge < -0.3 is 20.7 Å². The number of benzene rings is 2. The van der Waals surface area contributed by atoms with Gasteiger partial charge in [-0.2, -0.15) is 18.4 Å². The highest BCUT2D eigenvalue weighted by Crippen LogP contribution is 2.24. The summed E-state index contributed by atoms with van der Waals surface area (Å²) in [5.74, 6) is -0.842. The molecule has 0 spiro atoms. The number of carbonyl (C=O) groups is 2. The van der Waals surface area contributed by atoms with Crippen LogP contribution >= 0.6 is 0 Å². The van der Waals surface area contributed by atoms with Gasteiger partial charge in [0.05, 0.1) is 12.1 Å². The average Bonchev–Trinajstić information content (AvgIpc) is 2.70. The molecule has 29 heavy (non-hydrogen) atoms. The highest BCUT2D eigenvalue weighted by Gasteiger charge is 2.28. The Kier molecular flexibility index (Phi) is 7.03. The summed E-state index contributed by atoms with van der Waals surface area (Å²) in [6.45, 7) is -1.65. The molecule has 0 saturated heterocycles. The summed E-state index contributed by atoms with van der Waals surface area (Å²) >= 11 is 0. The van der Waals surface area contributed by atoms with Crippen molar-refractivity contribution in [2.24, 2.45) is 0 Å². The largest absolute Gasteiger partial charge is 0.483 e. The van der Waals surface area contributed by atoms with Crippen molar-refractivity contribution in [3.8, 4) is 11.8 Å². The van der Waals surface area contributed by atoms with E-state index in [1.807, 2.05) is 0 Å². The maximum absolute atomic E-state index is 12.2. The van der Waals surface area contributed by atoms with Crippen LogP contribution in [0, 0.1) is 11.3 Å². The Balaban J connectivity index is 1.92. The Morgan fingerprint density at radius 1 is 1.10 bits per heavy atom. The van der Waals surface area contributed by atoms with E-state index >= 15 is 0 Å². The predicted molar refractivity (Wildman–Crippen MR) is 99.7 cm³/mol. The topological polar surface area (TPSA) is 103 Å².